The molecule has 2 aromatic rings. The largest absolute Gasteiger partial charge is 0.368 e. The fourth-order valence-corrected chi connectivity index (χ4v) is 3.18. The van der Waals surface area contributed by atoms with Gasteiger partial charge in [-0.2, -0.15) is 0 Å². The molecule has 0 atom stereocenters. The third kappa shape index (κ3) is 4.41. The molecule has 0 saturated carbocycles. The van der Waals surface area contributed by atoms with E-state index in [1.54, 1.807) is 0 Å². The summed E-state index contributed by atoms with van der Waals surface area (Å²) in [5.41, 5.74) is 2.73. The summed E-state index contributed by atoms with van der Waals surface area (Å²) in [7, 11) is 2.14. The lowest BCUT2D eigenvalue weighted by Crippen LogP contribution is -2.44. The predicted octanol–water partition coefficient (Wildman–Crippen LogP) is 2.88. The molecule has 1 fully saturated rings. The van der Waals surface area contributed by atoms with Gasteiger partial charge in [0.25, 0.3) is 5.91 Å². The molecule has 138 valence electrons. The number of nitrogens with zero attached hydrogens (tertiary/aromatic N) is 4. The summed E-state index contributed by atoms with van der Waals surface area (Å²) >= 11 is 0. The first-order valence-electron chi connectivity index (χ1n) is 9.29. The molecular formula is C21H28N4O. The Balaban J connectivity index is 1.71. The van der Waals surface area contributed by atoms with Gasteiger partial charge in [-0.05, 0) is 38.6 Å². The van der Waals surface area contributed by atoms with Gasteiger partial charge in [0.05, 0.1) is 11.9 Å². The van der Waals surface area contributed by atoms with Crippen LogP contribution in [-0.2, 0) is 6.54 Å². The third-order valence-corrected chi connectivity index (χ3v) is 4.92. The molecule has 0 radical (unpaired) electrons. The van der Waals surface area contributed by atoms with Crippen molar-refractivity contribution in [2.24, 2.45) is 0 Å². The van der Waals surface area contributed by atoms with Crippen molar-refractivity contribution in [3.63, 3.8) is 0 Å². The summed E-state index contributed by atoms with van der Waals surface area (Å²) in [5.74, 6) is -0.0196. The van der Waals surface area contributed by atoms with Crippen LogP contribution in [0.3, 0.4) is 0 Å². The smallest absolute Gasteiger partial charge is 0.272 e. The number of hydrogen-bond acceptors (Lipinski definition) is 4. The minimum atomic E-state index is -0.0196. The van der Waals surface area contributed by atoms with Crippen LogP contribution in [0.5, 0.6) is 0 Å². The Morgan fingerprint density at radius 3 is 2.35 bits per heavy atom. The molecule has 1 saturated heterocycles. The van der Waals surface area contributed by atoms with Crippen molar-refractivity contribution in [2.45, 2.75) is 26.4 Å². The summed E-state index contributed by atoms with van der Waals surface area (Å²) in [6.45, 7) is 8.78. The molecule has 1 aromatic carbocycles. The zero-order valence-electron chi connectivity index (χ0n) is 15.9. The van der Waals surface area contributed by atoms with E-state index in [4.69, 9.17) is 0 Å². The van der Waals surface area contributed by atoms with Gasteiger partial charge in [-0.25, -0.2) is 4.98 Å². The molecule has 2 heterocycles. The Kier molecular flexibility index (Phi) is 5.89. The molecule has 5 heteroatoms. The van der Waals surface area contributed by atoms with Gasteiger partial charge in [-0.3, -0.25) is 4.79 Å². The van der Waals surface area contributed by atoms with Crippen LogP contribution in [0.4, 0.5) is 5.69 Å². The zero-order valence-corrected chi connectivity index (χ0v) is 15.9. The molecule has 26 heavy (non-hydrogen) atoms. The first kappa shape index (κ1) is 18.4. The van der Waals surface area contributed by atoms with Gasteiger partial charge in [-0.15, -0.1) is 0 Å². The Morgan fingerprint density at radius 1 is 1.08 bits per heavy atom. The van der Waals surface area contributed by atoms with Gasteiger partial charge in [-0.1, -0.05) is 30.3 Å². The van der Waals surface area contributed by atoms with Crippen molar-refractivity contribution in [3.05, 3.63) is 59.9 Å². The number of hydrogen-bond donors (Lipinski definition) is 0. The number of rotatable bonds is 5. The first-order chi connectivity index (χ1) is 12.5. The number of piperazine rings is 1. The number of carbonyl (C=O) groups excluding carboxylic acids is 1. The van der Waals surface area contributed by atoms with Crippen LogP contribution in [0.25, 0.3) is 0 Å². The van der Waals surface area contributed by atoms with E-state index in [1.165, 1.54) is 0 Å². The second-order valence-electron chi connectivity index (χ2n) is 7.20. The van der Waals surface area contributed by atoms with Gasteiger partial charge >= 0.3 is 0 Å². The number of benzene rings is 1. The van der Waals surface area contributed by atoms with E-state index in [0.29, 0.717) is 12.2 Å². The Morgan fingerprint density at radius 2 is 1.77 bits per heavy atom. The molecule has 0 spiro atoms. The summed E-state index contributed by atoms with van der Waals surface area (Å²) in [6, 6.07) is 14.1. The maximum Gasteiger partial charge on any atom is 0.272 e. The molecule has 1 aromatic heterocycles. The molecule has 0 bridgehead atoms. The van der Waals surface area contributed by atoms with Crippen LogP contribution < -0.4 is 4.90 Å². The van der Waals surface area contributed by atoms with Gasteiger partial charge in [0.1, 0.15) is 5.69 Å². The highest BCUT2D eigenvalue weighted by atomic mass is 16.2. The molecule has 1 aliphatic rings. The lowest BCUT2D eigenvalue weighted by Gasteiger charge is -2.34. The molecule has 0 unspecified atom stereocenters. The van der Waals surface area contributed by atoms with Crippen molar-refractivity contribution in [3.8, 4) is 0 Å². The van der Waals surface area contributed by atoms with Crippen molar-refractivity contribution in [1.29, 1.82) is 0 Å². The monoisotopic (exact) mass is 352 g/mol. The van der Waals surface area contributed by atoms with Crippen molar-refractivity contribution in [1.82, 2.24) is 14.8 Å². The minimum absolute atomic E-state index is 0.0196. The van der Waals surface area contributed by atoms with E-state index in [9.17, 15) is 4.79 Å². The SMILES string of the molecule is CC(C)N(Cc1ccccc1)C(=O)c1ccc(N2CCN(C)CC2)cn1. The maximum absolute atomic E-state index is 13.0. The molecule has 1 amide bonds. The number of pyridine rings is 1. The van der Waals surface area contributed by atoms with Crippen molar-refractivity contribution >= 4 is 11.6 Å². The highest BCUT2D eigenvalue weighted by molar-refractivity contribution is 5.92. The highest BCUT2D eigenvalue weighted by Gasteiger charge is 2.21. The topological polar surface area (TPSA) is 39.7 Å². The molecule has 1 aliphatic heterocycles. The van der Waals surface area contributed by atoms with Crippen LogP contribution >= 0.6 is 0 Å². The number of likely N-dealkylation sites (N-methyl/N-ethyl adjacent to an activating group) is 1. The average Bonchev–Trinajstić information content (AvgIpc) is 2.67. The fourth-order valence-electron chi connectivity index (χ4n) is 3.18. The highest BCUT2D eigenvalue weighted by Crippen LogP contribution is 2.17. The lowest BCUT2D eigenvalue weighted by molar-refractivity contribution is 0.0684. The van der Waals surface area contributed by atoms with Crippen LogP contribution in [-0.4, -0.2) is 60.0 Å². The van der Waals surface area contributed by atoms with Gasteiger partial charge in [0.15, 0.2) is 0 Å². The maximum atomic E-state index is 13.0. The first-order valence-corrected chi connectivity index (χ1v) is 9.29. The molecule has 3 rings (SSSR count). The van der Waals surface area contributed by atoms with Gasteiger partial charge in [0, 0.05) is 38.8 Å². The quantitative estimate of drug-likeness (QED) is 0.830. The zero-order chi connectivity index (χ0) is 18.5. The van der Waals surface area contributed by atoms with Crippen molar-refractivity contribution < 1.29 is 4.79 Å². The molecule has 0 N–H and O–H groups in total. The van der Waals surface area contributed by atoms with E-state index in [0.717, 1.165) is 37.4 Å². The number of amides is 1. The number of carbonyl (C=O) groups is 1. The van der Waals surface area contributed by atoms with Crippen LogP contribution in [0.2, 0.25) is 0 Å². The standard InChI is InChI=1S/C21H28N4O/c1-17(2)25(16-18-7-5-4-6-8-18)21(26)20-10-9-19(15-22-20)24-13-11-23(3)12-14-24/h4-10,15,17H,11-14,16H2,1-3H3. The predicted molar refractivity (Wildman–Crippen MR) is 105 cm³/mol. The number of aromatic nitrogens is 1. The fraction of sp³-hybridized carbons (Fsp3) is 0.429. The number of anilines is 1. The summed E-state index contributed by atoms with van der Waals surface area (Å²) < 4.78 is 0. The summed E-state index contributed by atoms with van der Waals surface area (Å²) in [4.78, 5) is 24.0. The lowest BCUT2D eigenvalue weighted by atomic mass is 10.1. The van der Waals surface area contributed by atoms with E-state index in [1.807, 2.05) is 67.4 Å². The Bertz CT molecular complexity index is 707. The third-order valence-electron chi connectivity index (χ3n) is 4.92. The van der Waals surface area contributed by atoms with Crippen LogP contribution in [0, 0.1) is 0 Å². The van der Waals surface area contributed by atoms with Crippen molar-refractivity contribution in [2.75, 3.05) is 38.1 Å². The molecular weight excluding hydrogens is 324 g/mol. The van der Waals surface area contributed by atoms with Crippen LogP contribution in [0.1, 0.15) is 29.9 Å². The van der Waals surface area contributed by atoms with E-state index < -0.39 is 0 Å². The minimum Gasteiger partial charge on any atom is -0.368 e. The second-order valence-corrected chi connectivity index (χ2v) is 7.20. The van der Waals surface area contributed by atoms with Gasteiger partial charge < -0.3 is 14.7 Å². The van der Waals surface area contributed by atoms with Gasteiger partial charge in [0.2, 0.25) is 0 Å². The van der Waals surface area contributed by atoms with E-state index in [-0.39, 0.29) is 11.9 Å². The summed E-state index contributed by atoms with van der Waals surface area (Å²) in [6.07, 6.45) is 1.83. The normalized spacial score (nSPS) is 15.3. The summed E-state index contributed by atoms with van der Waals surface area (Å²) in [5, 5.41) is 0. The Hall–Kier alpha value is -2.40. The van der Waals surface area contributed by atoms with Crippen LogP contribution in [0.15, 0.2) is 48.7 Å². The average molecular weight is 352 g/mol. The van der Waals surface area contributed by atoms with E-state index in [2.05, 4.69) is 21.8 Å². The molecule has 0 aliphatic carbocycles. The van der Waals surface area contributed by atoms with E-state index >= 15 is 0 Å². The second kappa shape index (κ2) is 8.32. The molecule has 5 nitrogen and oxygen atoms in total. The Labute approximate surface area is 156 Å².